The number of aromatic nitrogens is 4. The maximum atomic E-state index is 2.89. The second kappa shape index (κ2) is 31.2. The molecule has 0 saturated carbocycles. The van der Waals surface area contributed by atoms with Gasteiger partial charge < -0.3 is 95.9 Å². The highest BCUT2D eigenvalue weighted by Gasteiger charge is 1.67. The molecular weight excluding hydrogens is 804 g/mol. The molecule has 0 amide bonds. The number of aromatic amines is 4. The van der Waals surface area contributed by atoms with Crippen LogP contribution in [0.25, 0.3) is 0 Å². The molecule has 4 nitrogen and oxygen atoms in total. The van der Waals surface area contributed by atoms with Crippen LogP contribution in [0.3, 0.4) is 0 Å². The number of hydrogen-bond acceptors (Lipinski definition) is 0. The highest BCUT2D eigenvalue weighted by molar-refractivity contribution is 4.84. The van der Waals surface area contributed by atoms with E-state index in [0.29, 0.717) is 0 Å². The normalized spacial score (nSPS) is 6.86. The number of nitrogens with one attached hydrogen (secondary N) is 4. The molecule has 0 atom stereocenters. The van der Waals surface area contributed by atoms with Gasteiger partial charge in [0.15, 0.2) is 49.6 Å². The predicted molar refractivity (Wildman–Crippen MR) is 92.0 cm³/mol. The van der Waals surface area contributed by atoms with Crippen molar-refractivity contribution in [3.63, 3.8) is 0 Å². The molecule has 0 spiro atoms. The fraction of sp³-hybridized carbons (Fsp3) is 0. The monoisotopic (exact) mass is 828 g/mol. The quantitative estimate of drug-likeness (QED) is 0.159. The Labute approximate surface area is 235 Å². The largest absolute Gasteiger partial charge is 1.00 e. The number of rotatable bonds is 0. The number of pyridine rings is 4. The summed E-state index contributed by atoms with van der Waals surface area (Å²) in [5, 5.41) is 0. The third-order valence-corrected chi connectivity index (χ3v) is 2.43. The van der Waals surface area contributed by atoms with Crippen molar-refractivity contribution in [3.05, 3.63) is 122 Å². The van der Waals surface area contributed by atoms with Crippen LogP contribution in [0.15, 0.2) is 122 Å². The Morgan fingerprint density at radius 1 is 0.214 bits per heavy atom. The van der Waals surface area contributed by atoms with Gasteiger partial charge in [-0.15, -0.1) is 0 Å². The van der Waals surface area contributed by atoms with E-state index in [1.54, 1.807) is 0 Å². The van der Waals surface area contributed by atoms with Crippen LogP contribution in [-0.2, 0) is 0 Å². The van der Waals surface area contributed by atoms with E-state index >= 15 is 0 Å². The molecule has 0 aliphatic heterocycles. The van der Waals surface area contributed by atoms with Crippen molar-refractivity contribution in [2.75, 3.05) is 0 Å². The van der Waals surface area contributed by atoms with Gasteiger partial charge >= 0.3 is 0 Å². The molecular formula is C20H24I4N4. The average Bonchev–Trinajstić information content (AvgIpc) is 2.75. The summed E-state index contributed by atoms with van der Waals surface area (Å²) in [5.41, 5.74) is 0. The molecule has 4 aromatic heterocycles. The van der Waals surface area contributed by atoms with Crippen molar-refractivity contribution >= 4 is 0 Å². The summed E-state index contributed by atoms with van der Waals surface area (Å²) in [6, 6.07) is 23.4. The third kappa shape index (κ3) is 27.7. The lowest BCUT2D eigenvalue weighted by Crippen LogP contribution is -3.00. The Hall–Kier alpha value is -0.480. The summed E-state index contributed by atoms with van der Waals surface area (Å²) in [7, 11) is 0. The predicted octanol–water partition coefficient (Wildman–Crippen LogP) is -9.98. The Kier molecular flexibility index (Phi) is 39.0. The Bertz CT molecular complexity index is 446. The Balaban J connectivity index is -0.000000131. The summed E-state index contributed by atoms with van der Waals surface area (Å²) in [6.45, 7) is 0. The van der Waals surface area contributed by atoms with E-state index in [1.807, 2.05) is 122 Å². The molecule has 8 heteroatoms. The molecule has 0 aliphatic carbocycles. The van der Waals surface area contributed by atoms with Crippen LogP contribution in [0, 0.1) is 0 Å². The number of hydrogen-bond donors (Lipinski definition) is 0. The number of halogens is 4. The van der Waals surface area contributed by atoms with Crippen molar-refractivity contribution < 1.29 is 116 Å². The maximum Gasteiger partial charge on any atom is 0.166 e. The fourth-order valence-corrected chi connectivity index (χ4v) is 1.37. The third-order valence-electron chi connectivity index (χ3n) is 2.43. The van der Waals surface area contributed by atoms with Gasteiger partial charge in [-0.05, 0) is 0 Å². The van der Waals surface area contributed by atoms with Crippen molar-refractivity contribution in [2.45, 2.75) is 0 Å². The minimum atomic E-state index is 0. The van der Waals surface area contributed by atoms with Gasteiger partial charge in [-0.2, -0.15) is 0 Å². The first kappa shape index (κ1) is 35.0. The highest BCUT2D eigenvalue weighted by atomic mass is 127. The van der Waals surface area contributed by atoms with E-state index in [2.05, 4.69) is 19.9 Å². The van der Waals surface area contributed by atoms with Crippen molar-refractivity contribution in [1.29, 1.82) is 0 Å². The summed E-state index contributed by atoms with van der Waals surface area (Å²) in [4.78, 5) is 11.6. The second-order valence-corrected chi connectivity index (χ2v) is 4.31. The SMILES string of the molecule is [I-].[I-].[I-].[I-].c1cc[nH+]cc1.c1cc[nH+]cc1.c1cc[nH+]cc1.c1cc[nH+]cc1. The maximum absolute atomic E-state index is 2.89. The topological polar surface area (TPSA) is 56.6 Å². The molecule has 0 radical (unpaired) electrons. The van der Waals surface area contributed by atoms with Crippen LogP contribution in [0.5, 0.6) is 0 Å². The van der Waals surface area contributed by atoms with Crippen LogP contribution < -0.4 is 116 Å². The van der Waals surface area contributed by atoms with E-state index in [9.17, 15) is 0 Å². The van der Waals surface area contributed by atoms with Gasteiger partial charge in [0, 0.05) is 48.5 Å². The van der Waals surface area contributed by atoms with E-state index < -0.39 is 0 Å². The summed E-state index contributed by atoms with van der Waals surface area (Å²) >= 11 is 0. The molecule has 0 aromatic carbocycles. The lowest BCUT2D eigenvalue weighted by Gasteiger charge is -1.63. The molecule has 0 fully saturated rings. The minimum Gasteiger partial charge on any atom is -1.00 e. The van der Waals surface area contributed by atoms with Crippen molar-refractivity contribution in [3.8, 4) is 0 Å². The molecule has 4 aromatic rings. The number of H-pyrrole nitrogens is 4. The van der Waals surface area contributed by atoms with Gasteiger partial charge in [0.25, 0.3) is 0 Å². The minimum absolute atomic E-state index is 0. The van der Waals surface area contributed by atoms with Crippen LogP contribution in [0.2, 0.25) is 0 Å². The lowest BCUT2D eigenvalue weighted by atomic mass is 10.5. The first-order chi connectivity index (χ1) is 12.0. The zero-order chi connectivity index (χ0) is 17.0. The van der Waals surface area contributed by atoms with E-state index in [1.165, 1.54) is 0 Å². The molecule has 152 valence electrons. The molecule has 28 heavy (non-hydrogen) atoms. The molecule has 4 rings (SSSR count). The van der Waals surface area contributed by atoms with Gasteiger partial charge in [0.2, 0.25) is 0 Å². The molecule has 0 saturated heterocycles. The van der Waals surface area contributed by atoms with Gasteiger partial charge in [-0.25, -0.2) is 19.9 Å². The smallest absolute Gasteiger partial charge is 0.166 e. The van der Waals surface area contributed by atoms with E-state index in [-0.39, 0.29) is 95.9 Å². The molecule has 4 heterocycles. The Morgan fingerprint density at radius 3 is 0.393 bits per heavy atom. The average molecular weight is 828 g/mol. The summed E-state index contributed by atoms with van der Waals surface area (Å²) in [5.74, 6) is 0. The fourth-order valence-electron chi connectivity index (χ4n) is 1.37. The molecule has 0 unspecified atom stereocenters. The van der Waals surface area contributed by atoms with Crippen LogP contribution in [0.4, 0.5) is 0 Å². The lowest BCUT2D eigenvalue weighted by molar-refractivity contribution is -0.378. The van der Waals surface area contributed by atoms with Gasteiger partial charge in [-0.1, -0.05) is 24.3 Å². The zero-order valence-electron chi connectivity index (χ0n) is 15.1. The van der Waals surface area contributed by atoms with Gasteiger partial charge in [0.1, 0.15) is 0 Å². The summed E-state index contributed by atoms with van der Waals surface area (Å²) in [6.07, 6.45) is 15.0. The van der Waals surface area contributed by atoms with Crippen molar-refractivity contribution in [2.24, 2.45) is 0 Å². The summed E-state index contributed by atoms with van der Waals surface area (Å²) < 4.78 is 0. The van der Waals surface area contributed by atoms with Crippen molar-refractivity contribution in [1.82, 2.24) is 0 Å². The van der Waals surface area contributed by atoms with Crippen LogP contribution in [0.1, 0.15) is 0 Å². The van der Waals surface area contributed by atoms with E-state index in [4.69, 9.17) is 0 Å². The van der Waals surface area contributed by atoms with Crippen LogP contribution in [-0.4, -0.2) is 0 Å². The van der Waals surface area contributed by atoms with E-state index in [0.717, 1.165) is 0 Å². The molecule has 0 aliphatic rings. The zero-order valence-corrected chi connectivity index (χ0v) is 23.7. The van der Waals surface area contributed by atoms with Crippen LogP contribution >= 0.6 is 0 Å². The highest BCUT2D eigenvalue weighted by Crippen LogP contribution is 1.70. The first-order valence-corrected chi connectivity index (χ1v) is 7.64. The first-order valence-electron chi connectivity index (χ1n) is 7.64. The van der Waals surface area contributed by atoms with Gasteiger partial charge in [-0.3, -0.25) is 0 Å². The standard InChI is InChI=1S/4C5H5N.4HI/c4*1-2-4-6-5-3-1;;;;/h4*1-5H;4*1H. The van der Waals surface area contributed by atoms with Gasteiger partial charge in [0.05, 0.1) is 0 Å². The Morgan fingerprint density at radius 2 is 0.357 bits per heavy atom. The molecule has 4 N–H and O–H groups in total. The second-order valence-electron chi connectivity index (χ2n) is 4.31. The molecule has 0 bridgehead atoms.